The minimum absolute atomic E-state index is 0.133. The molecule has 310 valence electrons. The number of unbranched alkanes of at least 4 members (excludes halogenated alkanes) is 12. The van der Waals surface area contributed by atoms with E-state index in [0.717, 1.165) is 77.0 Å². The number of carbonyl (C=O) groups excluding carboxylic acids is 2. The molecule has 0 aromatic rings. The summed E-state index contributed by atoms with van der Waals surface area (Å²) in [7, 11) is -4.60. The van der Waals surface area contributed by atoms with Crippen molar-refractivity contribution in [3.8, 4) is 0 Å². The number of hydrogen-bond donors (Lipinski definition) is 4. The van der Waals surface area contributed by atoms with Gasteiger partial charge in [0.15, 0.2) is 12.4 Å². The summed E-state index contributed by atoms with van der Waals surface area (Å²) >= 11 is 0. The smallest absolute Gasteiger partial charge is 0.306 e. The summed E-state index contributed by atoms with van der Waals surface area (Å²) in [4.78, 5) is 25.2. The molecule has 4 N–H and O–H groups in total. The van der Waals surface area contributed by atoms with Crippen LogP contribution >= 0.6 is 0 Å². The summed E-state index contributed by atoms with van der Waals surface area (Å²) in [6.45, 7) is 3.52. The van der Waals surface area contributed by atoms with Crippen molar-refractivity contribution in [1.82, 2.24) is 0 Å². The molecule has 13 heteroatoms. The van der Waals surface area contributed by atoms with Gasteiger partial charge in [-0.1, -0.05) is 126 Å². The standard InChI is InChI=1S/C41H68O12S/c1-3-5-7-9-11-13-15-16-17-18-20-22-24-26-28-30-37(43)52-34(31-50-36(42)29-27-25-23-21-19-14-12-10-8-6-4-2)32-51-41-40(46)39(45)38(44)35(53-41)33-54(47,48)49/h5,7,9-13,15-17,34-35,38-41,44-46H,3-4,6,8,14,18-33H2,1-2H3,(H,47,48,49)/b7-5+,11-9+,12-10+,15-13+,17-16+/t34-,35-,38-,39?,40?,41+/m1/s1. The van der Waals surface area contributed by atoms with E-state index in [4.69, 9.17) is 18.9 Å². The van der Waals surface area contributed by atoms with Gasteiger partial charge in [-0.3, -0.25) is 14.1 Å². The Morgan fingerprint density at radius 1 is 0.648 bits per heavy atom. The van der Waals surface area contributed by atoms with Crippen molar-refractivity contribution in [3.05, 3.63) is 60.8 Å². The van der Waals surface area contributed by atoms with Crippen LogP contribution in [0.15, 0.2) is 60.8 Å². The zero-order valence-electron chi connectivity index (χ0n) is 32.5. The highest BCUT2D eigenvalue weighted by Crippen LogP contribution is 2.24. The van der Waals surface area contributed by atoms with Crippen molar-refractivity contribution < 1.29 is 56.8 Å². The first-order chi connectivity index (χ1) is 26.0. The molecule has 1 saturated heterocycles. The molecular weight excluding hydrogens is 717 g/mol. The van der Waals surface area contributed by atoms with Crippen LogP contribution in [0, 0.1) is 0 Å². The molecule has 1 aliphatic rings. The van der Waals surface area contributed by atoms with Gasteiger partial charge in [-0.15, -0.1) is 0 Å². The first kappa shape index (κ1) is 49.4. The first-order valence-electron chi connectivity index (χ1n) is 19.9. The minimum atomic E-state index is -4.60. The third-order valence-electron chi connectivity index (χ3n) is 8.68. The lowest BCUT2D eigenvalue weighted by molar-refractivity contribution is -0.297. The molecule has 0 spiro atoms. The van der Waals surface area contributed by atoms with E-state index in [1.807, 2.05) is 36.5 Å². The molecule has 0 radical (unpaired) electrons. The highest BCUT2D eigenvalue weighted by Gasteiger charge is 2.46. The van der Waals surface area contributed by atoms with Gasteiger partial charge in [0.25, 0.3) is 10.1 Å². The van der Waals surface area contributed by atoms with Gasteiger partial charge in [-0.2, -0.15) is 8.42 Å². The van der Waals surface area contributed by atoms with Crippen LogP contribution in [0.3, 0.4) is 0 Å². The number of esters is 2. The third-order valence-corrected chi connectivity index (χ3v) is 9.43. The molecule has 6 atom stereocenters. The second-order valence-electron chi connectivity index (χ2n) is 13.7. The van der Waals surface area contributed by atoms with Crippen molar-refractivity contribution in [1.29, 1.82) is 0 Å². The van der Waals surface area contributed by atoms with Gasteiger partial charge in [0, 0.05) is 12.8 Å². The molecule has 1 aliphatic heterocycles. The maximum absolute atomic E-state index is 12.7. The summed E-state index contributed by atoms with van der Waals surface area (Å²) in [6.07, 6.45) is 27.1. The third kappa shape index (κ3) is 26.2. The fraction of sp³-hybridized carbons (Fsp3) is 0.707. The summed E-state index contributed by atoms with van der Waals surface area (Å²) in [5, 5.41) is 30.8. The van der Waals surface area contributed by atoms with Crippen LogP contribution in [-0.2, 0) is 38.7 Å². The lowest BCUT2D eigenvalue weighted by Gasteiger charge is -2.40. The fourth-order valence-electron chi connectivity index (χ4n) is 5.55. The summed E-state index contributed by atoms with van der Waals surface area (Å²) in [5.41, 5.74) is 0. The first-order valence-corrected chi connectivity index (χ1v) is 21.5. The topological polar surface area (TPSA) is 186 Å². The predicted molar refractivity (Wildman–Crippen MR) is 210 cm³/mol. The zero-order chi connectivity index (χ0) is 39.9. The van der Waals surface area contributed by atoms with Crippen LogP contribution in [0.4, 0.5) is 0 Å². The van der Waals surface area contributed by atoms with E-state index in [1.165, 1.54) is 12.8 Å². The zero-order valence-corrected chi connectivity index (χ0v) is 33.4. The van der Waals surface area contributed by atoms with Gasteiger partial charge in [0.05, 0.1) is 6.61 Å². The highest BCUT2D eigenvalue weighted by molar-refractivity contribution is 7.85. The molecule has 0 aromatic heterocycles. The number of aliphatic hydroxyl groups excluding tert-OH is 3. The molecule has 0 aliphatic carbocycles. The van der Waals surface area contributed by atoms with Gasteiger partial charge in [0.2, 0.25) is 0 Å². The second-order valence-corrected chi connectivity index (χ2v) is 15.1. The Morgan fingerprint density at radius 2 is 1.19 bits per heavy atom. The van der Waals surface area contributed by atoms with Crippen molar-refractivity contribution in [3.63, 3.8) is 0 Å². The van der Waals surface area contributed by atoms with E-state index in [2.05, 4.69) is 38.2 Å². The molecular formula is C41H68O12S. The number of rotatable bonds is 31. The SMILES string of the molecule is CC/C=C/C=C/C=C/C=C/CCCCCCCC(=O)O[C@H](COC(=O)CCCCCCC/C=C/CCCC)CO[C@H]1O[C@H](CS(=O)(=O)O)[C@@H](O)C(O)C1O. The average Bonchev–Trinajstić information content (AvgIpc) is 3.13. The maximum atomic E-state index is 12.7. The van der Waals surface area contributed by atoms with Crippen molar-refractivity contribution in [2.45, 2.75) is 166 Å². The summed E-state index contributed by atoms with van der Waals surface area (Å²) in [5.74, 6) is -2.04. The number of hydrogen-bond acceptors (Lipinski definition) is 11. The lowest BCUT2D eigenvalue weighted by atomic mass is 10.00. The number of carbonyl (C=O) groups is 2. The number of allylic oxidation sites excluding steroid dienone is 10. The van der Waals surface area contributed by atoms with E-state index in [0.29, 0.717) is 12.8 Å². The Kier molecular flexibility index (Phi) is 28.8. The lowest BCUT2D eigenvalue weighted by Crippen LogP contribution is -2.60. The van der Waals surface area contributed by atoms with Crippen LogP contribution in [0.2, 0.25) is 0 Å². The number of aliphatic hydroxyl groups is 3. The molecule has 0 saturated carbocycles. The van der Waals surface area contributed by atoms with Crippen LogP contribution in [0.5, 0.6) is 0 Å². The van der Waals surface area contributed by atoms with Gasteiger partial charge in [-0.25, -0.2) is 0 Å². The van der Waals surface area contributed by atoms with Crippen LogP contribution < -0.4 is 0 Å². The summed E-state index contributed by atoms with van der Waals surface area (Å²) < 4.78 is 53.8. The van der Waals surface area contributed by atoms with E-state index in [1.54, 1.807) is 0 Å². The van der Waals surface area contributed by atoms with Gasteiger partial charge in [-0.05, 0) is 51.4 Å². The minimum Gasteiger partial charge on any atom is -0.462 e. The Balaban J connectivity index is 2.54. The van der Waals surface area contributed by atoms with Crippen molar-refractivity contribution in [2.24, 2.45) is 0 Å². The fourth-order valence-corrected chi connectivity index (χ4v) is 6.24. The Morgan fingerprint density at radius 3 is 1.80 bits per heavy atom. The van der Waals surface area contributed by atoms with Crippen LogP contribution in [0.1, 0.15) is 129 Å². The quantitative estimate of drug-likeness (QED) is 0.0186. The highest BCUT2D eigenvalue weighted by atomic mass is 32.2. The largest absolute Gasteiger partial charge is 0.462 e. The van der Waals surface area contributed by atoms with Crippen molar-refractivity contribution >= 4 is 22.1 Å². The van der Waals surface area contributed by atoms with Gasteiger partial charge in [0.1, 0.15) is 36.8 Å². The molecule has 0 aromatic carbocycles. The molecule has 2 unspecified atom stereocenters. The Bertz CT molecular complexity index is 1240. The molecule has 1 heterocycles. The van der Waals surface area contributed by atoms with Crippen LogP contribution in [0.25, 0.3) is 0 Å². The molecule has 12 nitrogen and oxygen atoms in total. The van der Waals surface area contributed by atoms with E-state index in [9.17, 15) is 37.9 Å². The van der Waals surface area contributed by atoms with Gasteiger partial charge >= 0.3 is 11.9 Å². The Labute approximate surface area is 324 Å². The molecule has 0 bridgehead atoms. The van der Waals surface area contributed by atoms with E-state index in [-0.39, 0.29) is 19.4 Å². The van der Waals surface area contributed by atoms with Crippen LogP contribution in [-0.4, -0.2) is 96.0 Å². The molecule has 54 heavy (non-hydrogen) atoms. The average molecular weight is 785 g/mol. The van der Waals surface area contributed by atoms with Crippen molar-refractivity contribution in [2.75, 3.05) is 19.0 Å². The van der Waals surface area contributed by atoms with E-state index < -0.39 is 71.2 Å². The molecule has 1 rings (SSSR count). The molecule has 0 amide bonds. The summed E-state index contributed by atoms with van der Waals surface area (Å²) in [6, 6.07) is 0. The molecule has 1 fully saturated rings. The maximum Gasteiger partial charge on any atom is 0.306 e. The van der Waals surface area contributed by atoms with E-state index >= 15 is 0 Å². The number of ether oxygens (including phenoxy) is 4. The predicted octanol–water partition coefficient (Wildman–Crippen LogP) is 7.00. The monoisotopic (exact) mass is 784 g/mol. The normalized spacial score (nSPS) is 21.6. The second kappa shape index (κ2) is 31.5. The van der Waals surface area contributed by atoms with Gasteiger partial charge < -0.3 is 34.3 Å². The Hall–Kier alpha value is -2.65.